The van der Waals surface area contributed by atoms with Gasteiger partial charge in [0.25, 0.3) is 0 Å². The van der Waals surface area contributed by atoms with E-state index in [1.165, 1.54) is 5.56 Å². The smallest absolute Gasteiger partial charge is 0.224 e. The number of rotatable bonds is 13. The molecule has 0 spiro atoms. The number of para-hydroxylation sites is 2. The van der Waals surface area contributed by atoms with Crippen LogP contribution in [0.5, 0.6) is 17.2 Å². The molecule has 0 fully saturated rings. The van der Waals surface area contributed by atoms with Gasteiger partial charge in [-0.05, 0) is 73.2 Å². The van der Waals surface area contributed by atoms with Gasteiger partial charge in [-0.3, -0.25) is 4.79 Å². The van der Waals surface area contributed by atoms with Crippen molar-refractivity contribution in [1.29, 1.82) is 0 Å². The van der Waals surface area contributed by atoms with Crippen LogP contribution in [0.25, 0.3) is 11.0 Å². The first-order valence-corrected chi connectivity index (χ1v) is 13.6. The van der Waals surface area contributed by atoms with Crippen LogP contribution < -0.4 is 19.5 Å². The Hall–Kier alpha value is -4.00. The Morgan fingerprint density at radius 3 is 2.44 bits per heavy atom. The molecule has 4 rings (SSSR count). The number of imidazole rings is 1. The van der Waals surface area contributed by atoms with E-state index >= 15 is 0 Å². The molecule has 0 saturated heterocycles. The van der Waals surface area contributed by atoms with Crippen molar-refractivity contribution in [2.75, 3.05) is 20.8 Å². The molecule has 0 radical (unpaired) electrons. The van der Waals surface area contributed by atoms with Crippen LogP contribution in [0.4, 0.5) is 0 Å². The van der Waals surface area contributed by atoms with E-state index < -0.39 is 0 Å². The number of methoxy groups -OCH3 is 2. The molecule has 0 aliphatic heterocycles. The minimum atomic E-state index is -0.265. The topological polar surface area (TPSA) is 74.6 Å². The molecule has 39 heavy (non-hydrogen) atoms. The van der Waals surface area contributed by atoms with E-state index in [2.05, 4.69) is 54.1 Å². The van der Waals surface area contributed by atoms with Crippen LogP contribution in [0.15, 0.2) is 66.7 Å². The Balaban J connectivity index is 1.40. The number of hydrogen-bond acceptors (Lipinski definition) is 5. The van der Waals surface area contributed by atoms with Gasteiger partial charge in [-0.1, -0.05) is 44.2 Å². The van der Waals surface area contributed by atoms with Gasteiger partial charge in [0.15, 0.2) is 11.5 Å². The van der Waals surface area contributed by atoms with Crippen LogP contribution >= 0.6 is 0 Å². The summed E-state index contributed by atoms with van der Waals surface area (Å²) < 4.78 is 18.9. The Morgan fingerprint density at radius 2 is 1.72 bits per heavy atom. The minimum absolute atomic E-state index is 0.0857. The summed E-state index contributed by atoms with van der Waals surface area (Å²) in [5.41, 5.74) is 4.14. The summed E-state index contributed by atoms with van der Waals surface area (Å²) in [6.07, 6.45) is 2.16. The van der Waals surface area contributed by atoms with Gasteiger partial charge in [0.2, 0.25) is 5.91 Å². The highest BCUT2D eigenvalue weighted by Crippen LogP contribution is 2.28. The van der Waals surface area contributed by atoms with Crippen molar-refractivity contribution in [2.24, 2.45) is 0 Å². The zero-order valence-electron chi connectivity index (χ0n) is 23.6. The molecule has 4 aromatic rings. The molecule has 0 aliphatic rings. The Morgan fingerprint density at radius 1 is 0.974 bits per heavy atom. The molecule has 1 amide bonds. The summed E-state index contributed by atoms with van der Waals surface area (Å²) in [5, 5.41) is 3.12. The quantitative estimate of drug-likeness (QED) is 0.201. The first-order valence-electron chi connectivity index (χ1n) is 13.6. The van der Waals surface area contributed by atoms with Crippen LogP contribution in [0, 0.1) is 0 Å². The molecule has 206 valence electrons. The SMILES string of the molecule is CCC(C)c1ccc(OCCCn2c(C(C)NC(=O)Cc3ccc(OC)c(OC)c3)nc3ccccc32)cc1. The zero-order chi connectivity index (χ0) is 27.8. The number of ether oxygens (including phenoxy) is 3. The largest absolute Gasteiger partial charge is 0.494 e. The number of nitrogens with zero attached hydrogens (tertiary/aromatic N) is 2. The second kappa shape index (κ2) is 13.2. The summed E-state index contributed by atoms with van der Waals surface area (Å²) in [5.74, 6) is 3.41. The highest BCUT2D eigenvalue weighted by Gasteiger charge is 2.19. The molecule has 7 nitrogen and oxygen atoms in total. The number of fused-ring (bicyclic) bond motifs is 1. The fourth-order valence-corrected chi connectivity index (χ4v) is 4.73. The number of aryl methyl sites for hydroxylation is 1. The molecule has 1 heterocycles. The maximum atomic E-state index is 12.9. The van der Waals surface area contributed by atoms with Crippen molar-refractivity contribution < 1.29 is 19.0 Å². The predicted octanol–water partition coefficient (Wildman–Crippen LogP) is 6.46. The third-order valence-electron chi connectivity index (χ3n) is 7.12. The molecule has 7 heteroatoms. The van der Waals surface area contributed by atoms with E-state index in [-0.39, 0.29) is 18.4 Å². The van der Waals surface area contributed by atoms with Crippen LogP contribution in [-0.2, 0) is 17.8 Å². The lowest BCUT2D eigenvalue weighted by Crippen LogP contribution is -2.30. The van der Waals surface area contributed by atoms with E-state index in [1.807, 2.05) is 43.3 Å². The van der Waals surface area contributed by atoms with Crippen molar-refractivity contribution in [3.63, 3.8) is 0 Å². The third kappa shape index (κ3) is 6.91. The molecule has 2 unspecified atom stereocenters. The van der Waals surface area contributed by atoms with E-state index in [9.17, 15) is 4.79 Å². The van der Waals surface area contributed by atoms with E-state index in [0.717, 1.165) is 47.6 Å². The molecule has 2 atom stereocenters. The second-order valence-electron chi connectivity index (χ2n) is 9.85. The van der Waals surface area contributed by atoms with Crippen LogP contribution in [0.2, 0.25) is 0 Å². The predicted molar refractivity (Wildman–Crippen MR) is 155 cm³/mol. The van der Waals surface area contributed by atoms with Gasteiger partial charge in [-0.15, -0.1) is 0 Å². The van der Waals surface area contributed by atoms with Crippen molar-refractivity contribution >= 4 is 16.9 Å². The maximum absolute atomic E-state index is 12.9. The minimum Gasteiger partial charge on any atom is -0.494 e. The van der Waals surface area contributed by atoms with Gasteiger partial charge in [0.1, 0.15) is 11.6 Å². The van der Waals surface area contributed by atoms with Crippen molar-refractivity contribution in [1.82, 2.24) is 14.9 Å². The van der Waals surface area contributed by atoms with Gasteiger partial charge in [0.05, 0.1) is 44.3 Å². The number of benzene rings is 3. The standard InChI is InChI=1S/C32H39N3O4/c1-6-22(2)25-13-15-26(16-14-25)39-19-9-18-35-28-11-8-7-10-27(28)34-32(35)23(3)33-31(36)21-24-12-17-29(37-4)30(20-24)38-5/h7-8,10-17,20,22-23H,6,9,18-19,21H2,1-5H3,(H,33,36). The lowest BCUT2D eigenvalue weighted by atomic mass is 9.99. The molecule has 1 N–H and O–H groups in total. The summed E-state index contributed by atoms with van der Waals surface area (Å²) in [6.45, 7) is 7.74. The van der Waals surface area contributed by atoms with E-state index in [0.29, 0.717) is 24.0 Å². The lowest BCUT2D eigenvalue weighted by Gasteiger charge is -2.17. The first kappa shape index (κ1) is 28.0. The number of amides is 1. The summed E-state index contributed by atoms with van der Waals surface area (Å²) in [7, 11) is 3.18. The Kier molecular flexibility index (Phi) is 9.47. The summed E-state index contributed by atoms with van der Waals surface area (Å²) in [4.78, 5) is 17.8. The number of carbonyl (C=O) groups is 1. The molecule has 0 aliphatic carbocycles. The first-order chi connectivity index (χ1) is 18.9. The fraction of sp³-hybridized carbons (Fsp3) is 0.375. The average Bonchev–Trinajstić information content (AvgIpc) is 3.33. The van der Waals surface area contributed by atoms with Gasteiger partial charge in [-0.2, -0.15) is 0 Å². The zero-order valence-corrected chi connectivity index (χ0v) is 23.6. The second-order valence-corrected chi connectivity index (χ2v) is 9.85. The van der Waals surface area contributed by atoms with Crippen LogP contribution in [-0.4, -0.2) is 36.3 Å². The average molecular weight is 530 g/mol. The Labute approximate surface area is 231 Å². The normalized spacial score (nSPS) is 12.6. The monoisotopic (exact) mass is 529 g/mol. The maximum Gasteiger partial charge on any atom is 0.224 e. The number of carbonyl (C=O) groups excluding carboxylic acids is 1. The third-order valence-corrected chi connectivity index (χ3v) is 7.12. The molecular formula is C32H39N3O4. The van der Waals surface area contributed by atoms with E-state index in [1.54, 1.807) is 14.2 Å². The van der Waals surface area contributed by atoms with Crippen molar-refractivity contribution in [3.8, 4) is 17.2 Å². The van der Waals surface area contributed by atoms with Gasteiger partial charge >= 0.3 is 0 Å². The van der Waals surface area contributed by atoms with Crippen molar-refractivity contribution in [3.05, 3.63) is 83.7 Å². The highest BCUT2D eigenvalue weighted by atomic mass is 16.5. The fourth-order valence-electron chi connectivity index (χ4n) is 4.73. The van der Waals surface area contributed by atoms with Gasteiger partial charge in [-0.25, -0.2) is 4.98 Å². The summed E-state index contributed by atoms with van der Waals surface area (Å²) in [6, 6.07) is 21.7. The number of aromatic nitrogens is 2. The number of nitrogens with one attached hydrogen (secondary N) is 1. The lowest BCUT2D eigenvalue weighted by molar-refractivity contribution is -0.121. The molecular weight excluding hydrogens is 490 g/mol. The molecule has 1 aromatic heterocycles. The Bertz CT molecular complexity index is 1380. The molecule has 0 saturated carbocycles. The van der Waals surface area contributed by atoms with Crippen LogP contribution in [0.1, 0.15) is 62.5 Å². The molecule has 0 bridgehead atoms. The number of hydrogen-bond donors (Lipinski definition) is 1. The molecule has 3 aromatic carbocycles. The van der Waals surface area contributed by atoms with Crippen molar-refractivity contribution in [2.45, 2.75) is 58.5 Å². The van der Waals surface area contributed by atoms with E-state index in [4.69, 9.17) is 19.2 Å². The van der Waals surface area contributed by atoms with Crippen LogP contribution in [0.3, 0.4) is 0 Å². The summed E-state index contributed by atoms with van der Waals surface area (Å²) >= 11 is 0. The van der Waals surface area contributed by atoms with Gasteiger partial charge < -0.3 is 24.1 Å². The highest BCUT2D eigenvalue weighted by molar-refractivity contribution is 5.80. The van der Waals surface area contributed by atoms with Gasteiger partial charge in [0, 0.05) is 6.54 Å².